The summed E-state index contributed by atoms with van der Waals surface area (Å²) in [6, 6.07) is 2.59. The number of nitrogens with zero attached hydrogens (tertiary/aromatic N) is 2. The van der Waals surface area contributed by atoms with Crippen LogP contribution in [0.1, 0.15) is 55.3 Å². The van der Waals surface area contributed by atoms with E-state index in [0.717, 1.165) is 25.1 Å². The number of aryl methyl sites for hydroxylation is 1. The molecule has 19 heavy (non-hydrogen) atoms. The van der Waals surface area contributed by atoms with Crippen LogP contribution in [0, 0.1) is 0 Å². The van der Waals surface area contributed by atoms with Gasteiger partial charge in [0.1, 0.15) is 0 Å². The van der Waals surface area contributed by atoms with Crippen LogP contribution < -0.4 is 5.32 Å². The molecular weight excluding hydrogens is 274 g/mol. The van der Waals surface area contributed by atoms with E-state index in [2.05, 4.69) is 52.5 Å². The van der Waals surface area contributed by atoms with Gasteiger partial charge in [-0.25, -0.2) is 0 Å². The second kappa shape index (κ2) is 7.12. The molecule has 0 radical (unpaired) electrons. The maximum absolute atomic E-state index is 4.29. The fourth-order valence-electron chi connectivity index (χ4n) is 2.16. The lowest BCUT2D eigenvalue weighted by Crippen LogP contribution is -2.22. The van der Waals surface area contributed by atoms with Crippen LogP contribution in [0.15, 0.2) is 16.8 Å². The van der Waals surface area contributed by atoms with Gasteiger partial charge in [-0.2, -0.15) is 11.3 Å². The zero-order chi connectivity index (χ0) is 13.7. The smallest absolute Gasteiger partial charge is 0.0829 e. The Morgan fingerprint density at radius 1 is 1.37 bits per heavy atom. The molecule has 2 rings (SSSR count). The predicted molar refractivity (Wildman–Crippen MR) is 83.1 cm³/mol. The van der Waals surface area contributed by atoms with Crippen molar-refractivity contribution in [2.45, 2.75) is 45.6 Å². The Kier molecular flexibility index (Phi) is 5.48. The molecule has 3 nitrogen and oxygen atoms in total. The average Bonchev–Trinajstić information content (AvgIpc) is 3.05. The van der Waals surface area contributed by atoms with E-state index in [1.165, 1.54) is 10.4 Å². The van der Waals surface area contributed by atoms with E-state index < -0.39 is 0 Å². The minimum absolute atomic E-state index is 0.377. The first-order valence-electron chi connectivity index (χ1n) is 6.79. The fraction of sp³-hybridized carbons (Fsp3) is 0.571. The highest BCUT2D eigenvalue weighted by Crippen LogP contribution is 2.29. The van der Waals surface area contributed by atoms with Gasteiger partial charge < -0.3 is 5.32 Å². The monoisotopic (exact) mass is 295 g/mol. The largest absolute Gasteiger partial charge is 0.309 e. The summed E-state index contributed by atoms with van der Waals surface area (Å²) in [5, 5.41) is 12.2. The molecule has 0 aliphatic rings. The highest BCUT2D eigenvalue weighted by molar-refractivity contribution is 7.08. The topological polar surface area (TPSA) is 37.8 Å². The van der Waals surface area contributed by atoms with E-state index >= 15 is 0 Å². The molecule has 0 bridgehead atoms. The van der Waals surface area contributed by atoms with Gasteiger partial charge in [-0.15, -0.1) is 5.10 Å². The Morgan fingerprint density at radius 3 is 2.84 bits per heavy atom. The summed E-state index contributed by atoms with van der Waals surface area (Å²) in [6.45, 7) is 7.50. The zero-order valence-electron chi connectivity index (χ0n) is 11.7. The van der Waals surface area contributed by atoms with E-state index in [1.807, 2.05) is 0 Å². The zero-order valence-corrected chi connectivity index (χ0v) is 13.4. The van der Waals surface area contributed by atoms with Crippen LogP contribution in [0.2, 0.25) is 0 Å². The lowest BCUT2D eigenvalue weighted by atomic mass is 10.0. The van der Waals surface area contributed by atoms with E-state index in [4.69, 9.17) is 0 Å². The molecule has 104 valence electrons. The Bertz CT molecular complexity index is 477. The third kappa shape index (κ3) is 3.84. The Balaban J connectivity index is 2.08. The minimum Gasteiger partial charge on any atom is -0.309 e. The molecule has 0 aromatic carbocycles. The SMILES string of the molecule is CCNC(CCc1ccsc1)c1snnc1C(C)C. The molecule has 1 N–H and O–H groups in total. The third-order valence-electron chi connectivity index (χ3n) is 3.16. The Hall–Kier alpha value is -0.780. The first-order valence-corrected chi connectivity index (χ1v) is 8.50. The van der Waals surface area contributed by atoms with Crippen molar-refractivity contribution >= 4 is 22.9 Å². The molecule has 2 heterocycles. The van der Waals surface area contributed by atoms with Crippen molar-refractivity contribution < 1.29 is 0 Å². The van der Waals surface area contributed by atoms with Crippen LogP contribution >= 0.6 is 22.9 Å². The van der Waals surface area contributed by atoms with Gasteiger partial charge in [0, 0.05) is 6.04 Å². The summed E-state index contributed by atoms with van der Waals surface area (Å²) < 4.78 is 4.15. The number of nitrogens with one attached hydrogen (secondary N) is 1. The molecule has 5 heteroatoms. The van der Waals surface area contributed by atoms with Gasteiger partial charge in [0.2, 0.25) is 0 Å². The maximum Gasteiger partial charge on any atom is 0.0829 e. The van der Waals surface area contributed by atoms with Crippen molar-refractivity contribution in [3.63, 3.8) is 0 Å². The quantitative estimate of drug-likeness (QED) is 0.839. The molecule has 0 aliphatic carbocycles. The summed E-state index contributed by atoms with van der Waals surface area (Å²) in [5.41, 5.74) is 2.58. The van der Waals surface area contributed by atoms with Crippen molar-refractivity contribution in [2.75, 3.05) is 6.54 Å². The standard InChI is InChI=1S/C14H21N3S2/c1-4-15-12(6-5-11-7-8-18-9-11)14-13(10(2)3)16-17-19-14/h7-10,12,15H,4-6H2,1-3H3. The summed E-state index contributed by atoms with van der Waals surface area (Å²) in [7, 11) is 0. The van der Waals surface area contributed by atoms with Crippen LogP contribution in [0.5, 0.6) is 0 Å². The lowest BCUT2D eigenvalue weighted by molar-refractivity contribution is 0.516. The fourth-order valence-corrected chi connectivity index (χ4v) is 3.78. The van der Waals surface area contributed by atoms with Crippen molar-refractivity contribution in [3.8, 4) is 0 Å². The van der Waals surface area contributed by atoms with E-state index in [1.54, 1.807) is 22.9 Å². The summed E-state index contributed by atoms with van der Waals surface area (Å²) in [4.78, 5) is 1.31. The van der Waals surface area contributed by atoms with Gasteiger partial charge in [0.05, 0.1) is 10.6 Å². The molecule has 1 unspecified atom stereocenters. The molecule has 0 aliphatic heterocycles. The molecule has 2 aromatic rings. The molecule has 0 saturated carbocycles. The molecule has 1 atom stereocenters. The van der Waals surface area contributed by atoms with E-state index in [0.29, 0.717) is 12.0 Å². The summed E-state index contributed by atoms with van der Waals surface area (Å²) in [5.74, 6) is 0.441. The van der Waals surface area contributed by atoms with Crippen LogP contribution in [0.4, 0.5) is 0 Å². The normalized spacial score (nSPS) is 13.1. The summed E-state index contributed by atoms with van der Waals surface area (Å²) in [6.07, 6.45) is 2.21. The Morgan fingerprint density at radius 2 is 2.21 bits per heavy atom. The molecule has 0 fully saturated rings. The van der Waals surface area contributed by atoms with E-state index in [-0.39, 0.29) is 0 Å². The second-order valence-electron chi connectivity index (χ2n) is 4.96. The van der Waals surface area contributed by atoms with Gasteiger partial charge in [-0.05, 0) is 59.2 Å². The Labute approximate surface area is 123 Å². The number of rotatable bonds is 7. The van der Waals surface area contributed by atoms with Gasteiger partial charge in [0.15, 0.2) is 0 Å². The van der Waals surface area contributed by atoms with Crippen LogP contribution in [-0.4, -0.2) is 16.1 Å². The first-order chi connectivity index (χ1) is 9.22. The highest BCUT2D eigenvalue weighted by Gasteiger charge is 2.20. The third-order valence-corrected chi connectivity index (χ3v) is 4.74. The molecule has 0 saturated heterocycles. The van der Waals surface area contributed by atoms with Crippen molar-refractivity contribution in [3.05, 3.63) is 33.0 Å². The highest BCUT2D eigenvalue weighted by atomic mass is 32.1. The molecule has 2 aromatic heterocycles. The van der Waals surface area contributed by atoms with Crippen LogP contribution in [0.25, 0.3) is 0 Å². The van der Waals surface area contributed by atoms with Crippen LogP contribution in [0.3, 0.4) is 0 Å². The second-order valence-corrected chi connectivity index (χ2v) is 6.52. The van der Waals surface area contributed by atoms with Crippen molar-refractivity contribution in [1.82, 2.24) is 14.9 Å². The van der Waals surface area contributed by atoms with Crippen molar-refractivity contribution in [1.29, 1.82) is 0 Å². The van der Waals surface area contributed by atoms with Crippen molar-refractivity contribution in [2.24, 2.45) is 0 Å². The number of hydrogen-bond acceptors (Lipinski definition) is 5. The first kappa shape index (κ1) is 14.6. The van der Waals surface area contributed by atoms with Gasteiger partial charge >= 0.3 is 0 Å². The minimum atomic E-state index is 0.377. The van der Waals surface area contributed by atoms with E-state index in [9.17, 15) is 0 Å². The molecular formula is C14H21N3S2. The summed E-state index contributed by atoms with van der Waals surface area (Å²) >= 11 is 3.31. The van der Waals surface area contributed by atoms with Gasteiger partial charge in [0.25, 0.3) is 0 Å². The average molecular weight is 295 g/mol. The van der Waals surface area contributed by atoms with Crippen LogP contribution in [-0.2, 0) is 6.42 Å². The van der Waals surface area contributed by atoms with Gasteiger partial charge in [-0.3, -0.25) is 0 Å². The molecule has 0 spiro atoms. The molecule has 0 amide bonds. The van der Waals surface area contributed by atoms with Gasteiger partial charge in [-0.1, -0.05) is 25.3 Å². The number of aromatic nitrogens is 2. The number of thiophene rings is 1. The lowest BCUT2D eigenvalue weighted by Gasteiger charge is -2.17. The maximum atomic E-state index is 4.29. The number of hydrogen-bond donors (Lipinski definition) is 1. The predicted octanol–water partition coefficient (Wildman–Crippen LogP) is 4.01.